The van der Waals surface area contributed by atoms with Gasteiger partial charge in [-0.25, -0.2) is 4.79 Å². The van der Waals surface area contributed by atoms with Crippen LogP contribution in [0.1, 0.15) is 100 Å². The quantitative estimate of drug-likeness (QED) is 0.364. The van der Waals surface area contributed by atoms with E-state index in [9.17, 15) is 24.0 Å². The number of alkyl carbamates (subject to hydrolysis) is 1. The fourth-order valence-corrected chi connectivity index (χ4v) is 4.31. The second-order valence-electron chi connectivity index (χ2n) is 12.0. The number of Topliss-reactive ketones (excluding diaryl/α,β-unsaturated/α-hetero) is 1. The second-order valence-corrected chi connectivity index (χ2v) is 12.0. The molecule has 2 aliphatic rings. The summed E-state index contributed by atoms with van der Waals surface area (Å²) in [5, 5.41) is 5.38. The summed E-state index contributed by atoms with van der Waals surface area (Å²) in [5.41, 5.74) is 4.56. The molecule has 1 saturated carbocycles. The Morgan fingerprint density at radius 2 is 1.55 bits per heavy atom. The molecule has 4 N–H and O–H groups in total. The molecule has 4 amide bonds. The molecule has 1 heterocycles. The first-order valence-corrected chi connectivity index (χ1v) is 14.1. The maximum absolute atomic E-state index is 13.6. The Labute approximate surface area is 228 Å². The van der Waals surface area contributed by atoms with Crippen molar-refractivity contribution in [2.45, 2.75) is 125 Å². The van der Waals surface area contributed by atoms with Crippen LogP contribution in [-0.4, -0.2) is 65.3 Å². The van der Waals surface area contributed by atoms with Crippen molar-refractivity contribution in [1.29, 1.82) is 0 Å². The van der Waals surface area contributed by atoms with Gasteiger partial charge in [0.25, 0.3) is 5.91 Å². The van der Waals surface area contributed by atoms with Crippen LogP contribution in [0.2, 0.25) is 0 Å². The maximum Gasteiger partial charge on any atom is 0.408 e. The maximum atomic E-state index is 13.6. The van der Waals surface area contributed by atoms with Gasteiger partial charge in [0.2, 0.25) is 17.6 Å². The molecule has 218 valence electrons. The number of nitrogens with two attached hydrogens (primary N) is 1. The van der Waals surface area contributed by atoms with Gasteiger partial charge < -0.3 is 26.0 Å². The van der Waals surface area contributed by atoms with Gasteiger partial charge in [-0.3, -0.25) is 19.2 Å². The van der Waals surface area contributed by atoms with Crippen LogP contribution in [0.5, 0.6) is 0 Å². The zero-order chi connectivity index (χ0) is 29.2. The van der Waals surface area contributed by atoms with Gasteiger partial charge in [0.05, 0.1) is 6.04 Å². The number of carbonyl (C=O) groups excluding carboxylic acids is 5. The van der Waals surface area contributed by atoms with Crippen molar-refractivity contribution in [2.75, 3.05) is 6.54 Å². The van der Waals surface area contributed by atoms with Crippen molar-refractivity contribution in [2.24, 2.45) is 23.0 Å². The summed E-state index contributed by atoms with van der Waals surface area (Å²) in [4.78, 5) is 64.6. The SMILES string of the molecule is CC(C)C(C)OC(=O)NC(C(=O)N1CCC[C@H]1C(=O)NC(CC1CCC1)C(=O)C(N)=O)C(C)(C)C.CCC. The lowest BCUT2D eigenvalue weighted by Gasteiger charge is -2.36. The van der Waals surface area contributed by atoms with Crippen LogP contribution in [0.15, 0.2) is 0 Å². The summed E-state index contributed by atoms with van der Waals surface area (Å²) in [7, 11) is 0. The number of rotatable bonds is 10. The number of nitrogens with one attached hydrogen (secondary N) is 2. The van der Waals surface area contributed by atoms with Crippen molar-refractivity contribution in [3.8, 4) is 0 Å². The Balaban J connectivity index is 0.00000229. The van der Waals surface area contributed by atoms with Crippen molar-refractivity contribution in [1.82, 2.24) is 15.5 Å². The van der Waals surface area contributed by atoms with E-state index >= 15 is 0 Å². The van der Waals surface area contributed by atoms with E-state index in [0.29, 0.717) is 25.8 Å². The lowest BCUT2D eigenvalue weighted by Crippen LogP contribution is -2.59. The summed E-state index contributed by atoms with van der Waals surface area (Å²) < 4.78 is 5.40. The molecule has 38 heavy (non-hydrogen) atoms. The molecule has 2 rings (SSSR count). The number of ketones is 1. The third kappa shape index (κ3) is 9.91. The first-order valence-electron chi connectivity index (χ1n) is 14.1. The molecule has 0 bridgehead atoms. The number of ether oxygens (including phenoxy) is 1. The number of nitrogens with zero attached hydrogens (tertiary/aromatic N) is 1. The summed E-state index contributed by atoms with van der Waals surface area (Å²) in [6.45, 7) is 15.7. The van der Waals surface area contributed by atoms with Crippen LogP contribution < -0.4 is 16.4 Å². The molecular weight excluding hydrogens is 488 g/mol. The Morgan fingerprint density at radius 1 is 0.974 bits per heavy atom. The molecule has 1 aliphatic carbocycles. The fraction of sp³-hybridized carbons (Fsp3) is 0.821. The first kappa shape index (κ1) is 33.4. The van der Waals surface area contributed by atoms with Gasteiger partial charge in [-0.1, -0.05) is 74.1 Å². The molecule has 10 heteroatoms. The Kier molecular flexibility index (Phi) is 13.2. The largest absolute Gasteiger partial charge is 0.446 e. The Hall–Kier alpha value is -2.65. The van der Waals surface area contributed by atoms with E-state index in [0.717, 1.165) is 19.3 Å². The Morgan fingerprint density at radius 3 is 2.00 bits per heavy atom. The summed E-state index contributed by atoms with van der Waals surface area (Å²) in [5.74, 6) is -2.40. The van der Waals surface area contributed by atoms with E-state index in [-0.39, 0.29) is 23.8 Å². The van der Waals surface area contributed by atoms with Gasteiger partial charge in [-0.2, -0.15) is 0 Å². The number of primary amides is 1. The highest BCUT2D eigenvalue weighted by atomic mass is 16.6. The lowest BCUT2D eigenvalue weighted by atomic mass is 9.80. The van der Waals surface area contributed by atoms with Gasteiger partial charge >= 0.3 is 6.09 Å². The van der Waals surface area contributed by atoms with Crippen LogP contribution in [0.4, 0.5) is 4.79 Å². The van der Waals surface area contributed by atoms with Gasteiger partial charge in [0, 0.05) is 6.54 Å². The number of hydrogen-bond donors (Lipinski definition) is 3. The molecule has 0 aromatic carbocycles. The topological polar surface area (TPSA) is 148 Å². The predicted molar refractivity (Wildman–Crippen MR) is 146 cm³/mol. The third-order valence-corrected chi connectivity index (χ3v) is 7.12. The Bertz CT molecular complexity index is 834. The highest BCUT2D eigenvalue weighted by Gasteiger charge is 2.43. The van der Waals surface area contributed by atoms with Gasteiger partial charge in [0.15, 0.2) is 0 Å². The second kappa shape index (κ2) is 15.1. The molecule has 0 spiro atoms. The zero-order valence-corrected chi connectivity index (χ0v) is 24.6. The summed E-state index contributed by atoms with van der Waals surface area (Å²) in [6.07, 6.45) is 4.56. The molecule has 1 aliphatic heterocycles. The normalized spacial score (nSPS) is 19.8. The van der Waals surface area contributed by atoms with E-state index in [1.165, 1.54) is 11.3 Å². The summed E-state index contributed by atoms with van der Waals surface area (Å²) in [6, 6.07) is -2.71. The van der Waals surface area contributed by atoms with Crippen LogP contribution in [0, 0.1) is 17.3 Å². The molecule has 4 atom stereocenters. The van der Waals surface area contributed by atoms with Crippen molar-refractivity contribution in [3.63, 3.8) is 0 Å². The molecule has 10 nitrogen and oxygen atoms in total. The molecule has 0 aromatic rings. The van der Waals surface area contributed by atoms with E-state index in [4.69, 9.17) is 10.5 Å². The highest BCUT2D eigenvalue weighted by molar-refractivity contribution is 6.37. The minimum Gasteiger partial charge on any atom is -0.446 e. The van der Waals surface area contributed by atoms with Crippen LogP contribution in [0.25, 0.3) is 0 Å². The van der Waals surface area contributed by atoms with Crippen molar-refractivity contribution < 1.29 is 28.7 Å². The molecular formula is C28H50N4O6. The van der Waals surface area contributed by atoms with Crippen LogP contribution in [0.3, 0.4) is 0 Å². The van der Waals surface area contributed by atoms with E-state index in [2.05, 4.69) is 24.5 Å². The first-order chi connectivity index (χ1) is 17.6. The van der Waals surface area contributed by atoms with Crippen molar-refractivity contribution >= 4 is 29.6 Å². The number of carbonyl (C=O) groups is 5. The zero-order valence-electron chi connectivity index (χ0n) is 24.6. The van der Waals surface area contributed by atoms with Crippen molar-refractivity contribution in [3.05, 3.63) is 0 Å². The van der Waals surface area contributed by atoms with Gasteiger partial charge in [0.1, 0.15) is 18.2 Å². The average molecular weight is 539 g/mol. The van der Waals surface area contributed by atoms with Crippen LogP contribution >= 0.6 is 0 Å². The smallest absolute Gasteiger partial charge is 0.408 e. The van der Waals surface area contributed by atoms with Gasteiger partial charge in [-0.15, -0.1) is 0 Å². The molecule has 2 fully saturated rings. The molecule has 3 unspecified atom stereocenters. The molecule has 0 radical (unpaired) electrons. The average Bonchev–Trinajstić information content (AvgIpc) is 3.27. The number of amides is 4. The third-order valence-electron chi connectivity index (χ3n) is 7.12. The van der Waals surface area contributed by atoms with E-state index in [1.807, 2.05) is 34.6 Å². The lowest BCUT2D eigenvalue weighted by molar-refractivity contribution is -0.143. The van der Waals surface area contributed by atoms with E-state index < -0.39 is 47.2 Å². The predicted octanol–water partition coefficient (Wildman–Crippen LogP) is 3.31. The van der Waals surface area contributed by atoms with E-state index in [1.54, 1.807) is 6.92 Å². The molecule has 0 aromatic heterocycles. The van der Waals surface area contributed by atoms with Gasteiger partial charge in [-0.05, 0) is 43.4 Å². The minimum atomic E-state index is -1.08. The number of likely N-dealkylation sites (tertiary alicyclic amines) is 1. The number of hydrogen-bond acceptors (Lipinski definition) is 6. The standard InChI is InChI=1S/C25H42N4O6.C3H8/c1-14(2)15(3)35-24(34)28-20(25(4,5)6)23(33)29-12-8-11-18(29)22(32)27-17(19(30)21(26)31)13-16-9-7-10-16;1-3-2/h14-18,20H,7-13H2,1-6H3,(H2,26,31)(H,27,32)(H,28,34);3H2,1-2H3/t15?,17?,18-,20?;/m0./s1. The van der Waals surface area contributed by atoms with Crippen LogP contribution in [-0.2, 0) is 23.9 Å². The molecule has 1 saturated heterocycles. The minimum absolute atomic E-state index is 0.118. The fourth-order valence-electron chi connectivity index (χ4n) is 4.31. The highest BCUT2D eigenvalue weighted by Crippen LogP contribution is 2.31. The summed E-state index contributed by atoms with van der Waals surface area (Å²) >= 11 is 0. The monoisotopic (exact) mass is 538 g/mol.